The molecule has 0 saturated carbocycles. The minimum Gasteiger partial charge on any atom is -0.481 e. The smallest absolute Gasteiger partial charge is 0.307 e. The molecule has 0 amide bonds. The van der Waals surface area contributed by atoms with Crippen LogP contribution in [0.15, 0.2) is 36.7 Å². The van der Waals surface area contributed by atoms with Crippen molar-refractivity contribution in [2.24, 2.45) is 0 Å². The molecule has 0 saturated heterocycles. The number of nitrogens with zero attached hydrogens (tertiary/aromatic N) is 1. The first-order valence-corrected chi connectivity index (χ1v) is 5.31. The number of H-pyrrole nitrogens is 1. The number of rotatable bonds is 2. The highest BCUT2D eigenvalue weighted by molar-refractivity contribution is 6.04. The fourth-order valence-electron chi connectivity index (χ4n) is 2.09. The van der Waals surface area contributed by atoms with Gasteiger partial charge in [0.2, 0.25) is 0 Å². The molecule has 3 rings (SSSR count). The van der Waals surface area contributed by atoms with Gasteiger partial charge in [0, 0.05) is 23.2 Å². The molecule has 0 aliphatic rings. The van der Waals surface area contributed by atoms with E-state index in [1.54, 1.807) is 6.20 Å². The van der Waals surface area contributed by atoms with Crippen LogP contribution in [0, 0.1) is 0 Å². The summed E-state index contributed by atoms with van der Waals surface area (Å²) in [5.41, 5.74) is 2.53. The maximum atomic E-state index is 10.7. The van der Waals surface area contributed by atoms with Crippen LogP contribution in [0.5, 0.6) is 0 Å². The highest BCUT2D eigenvalue weighted by atomic mass is 16.4. The Morgan fingerprint density at radius 2 is 2.24 bits per heavy atom. The number of pyridine rings is 1. The van der Waals surface area contributed by atoms with Gasteiger partial charge in [0.1, 0.15) is 0 Å². The number of benzene rings is 1. The molecule has 0 spiro atoms. The molecule has 3 aromatic rings. The highest BCUT2D eigenvalue weighted by Crippen LogP contribution is 2.25. The number of carboxylic acids is 1. The minimum absolute atomic E-state index is 0.00877. The van der Waals surface area contributed by atoms with Crippen molar-refractivity contribution < 1.29 is 9.90 Å². The Bertz CT molecular complexity index is 716. The minimum atomic E-state index is -0.837. The molecule has 2 aromatic heterocycles. The van der Waals surface area contributed by atoms with Crippen molar-refractivity contribution in [1.82, 2.24) is 9.97 Å². The van der Waals surface area contributed by atoms with Crippen LogP contribution in [0.1, 0.15) is 5.56 Å². The van der Waals surface area contributed by atoms with Gasteiger partial charge in [-0.15, -0.1) is 0 Å². The van der Waals surface area contributed by atoms with E-state index in [1.165, 1.54) is 0 Å². The molecule has 84 valence electrons. The van der Waals surface area contributed by atoms with Crippen molar-refractivity contribution in [3.8, 4) is 0 Å². The summed E-state index contributed by atoms with van der Waals surface area (Å²) >= 11 is 0. The molecule has 0 radical (unpaired) electrons. The van der Waals surface area contributed by atoms with Crippen LogP contribution in [-0.4, -0.2) is 21.0 Å². The Morgan fingerprint density at radius 1 is 1.35 bits per heavy atom. The van der Waals surface area contributed by atoms with E-state index < -0.39 is 5.97 Å². The number of nitrogens with one attached hydrogen (secondary N) is 1. The summed E-state index contributed by atoms with van der Waals surface area (Å²) in [6, 6.07) is 7.82. The Labute approximate surface area is 96.9 Å². The van der Waals surface area contributed by atoms with Gasteiger partial charge >= 0.3 is 5.97 Å². The summed E-state index contributed by atoms with van der Waals surface area (Å²) in [6.45, 7) is 0. The maximum Gasteiger partial charge on any atom is 0.307 e. The lowest BCUT2D eigenvalue weighted by atomic mass is 10.1. The third-order valence-electron chi connectivity index (χ3n) is 2.85. The third-order valence-corrected chi connectivity index (χ3v) is 2.85. The predicted molar refractivity (Wildman–Crippen MR) is 64.9 cm³/mol. The molecule has 0 atom stereocenters. The number of aliphatic carboxylic acids is 1. The summed E-state index contributed by atoms with van der Waals surface area (Å²) in [4.78, 5) is 18.2. The first-order chi connectivity index (χ1) is 8.25. The lowest BCUT2D eigenvalue weighted by Gasteiger charge is -1.99. The summed E-state index contributed by atoms with van der Waals surface area (Å²) in [5, 5.41) is 10.8. The van der Waals surface area contributed by atoms with E-state index in [0.29, 0.717) is 0 Å². The second-order valence-corrected chi connectivity index (χ2v) is 3.95. The molecule has 0 aliphatic heterocycles. The second kappa shape index (κ2) is 3.59. The van der Waals surface area contributed by atoms with Crippen molar-refractivity contribution in [2.45, 2.75) is 6.42 Å². The van der Waals surface area contributed by atoms with Gasteiger partial charge in [-0.05, 0) is 11.6 Å². The zero-order valence-electron chi connectivity index (χ0n) is 8.97. The van der Waals surface area contributed by atoms with Gasteiger partial charge in [-0.3, -0.25) is 9.78 Å². The number of aromatic amines is 1. The molecule has 0 unspecified atom stereocenters. The number of carboxylic acid groups (broad SMARTS) is 1. The van der Waals surface area contributed by atoms with Crippen LogP contribution < -0.4 is 0 Å². The third kappa shape index (κ3) is 1.54. The van der Waals surface area contributed by atoms with Crippen molar-refractivity contribution >= 4 is 27.8 Å². The Hall–Kier alpha value is -2.36. The lowest BCUT2D eigenvalue weighted by molar-refractivity contribution is -0.136. The van der Waals surface area contributed by atoms with E-state index in [9.17, 15) is 4.79 Å². The zero-order chi connectivity index (χ0) is 11.8. The molecule has 1 aromatic carbocycles. The van der Waals surface area contributed by atoms with Gasteiger partial charge in [0.15, 0.2) is 0 Å². The monoisotopic (exact) mass is 226 g/mol. The van der Waals surface area contributed by atoms with Gasteiger partial charge in [-0.2, -0.15) is 0 Å². The fourth-order valence-corrected chi connectivity index (χ4v) is 2.09. The number of hydrogen-bond acceptors (Lipinski definition) is 2. The fraction of sp³-hybridized carbons (Fsp3) is 0.0769. The van der Waals surface area contributed by atoms with E-state index in [0.717, 1.165) is 27.4 Å². The lowest BCUT2D eigenvalue weighted by Crippen LogP contribution is -1.98. The van der Waals surface area contributed by atoms with Gasteiger partial charge in [0.05, 0.1) is 17.5 Å². The normalized spacial score (nSPS) is 11.1. The number of hydrogen-bond donors (Lipinski definition) is 2. The van der Waals surface area contributed by atoms with Crippen molar-refractivity contribution in [3.63, 3.8) is 0 Å². The average molecular weight is 226 g/mol. The van der Waals surface area contributed by atoms with Crippen molar-refractivity contribution in [2.75, 3.05) is 0 Å². The van der Waals surface area contributed by atoms with E-state index in [1.807, 2.05) is 30.5 Å². The summed E-state index contributed by atoms with van der Waals surface area (Å²) in [7, 11) is 0. The molecule has 17 heavy (non-hydrogen) atoms. The van der Waals surface area contributed by atoms with Crippen LogP contribution in [0.25, 0.3) is 21.8 Å². The van der Waals surface area contributed by atoms with E-state index in [2.05, 4.69) is 9.97 Å². The van der Waals surface area contributed by atoms with E-state index in [4.69, 9.17) is 5.11 Å². The zero-order valence-corrected chi connectivity index (χ0v) is 8.97. The first kappa shape index (κ1) is 9.84. The number of fused-ring (bicyclic) bond motifs is 3. The van der Waals surface area contributed by atoms with Gasteiger partial charge in [-0.25, -0.2) is 0 Å². The largest absolute Gasteiger partial charge is 0.481 e. The topological polar surface area (TPSA) is 66.0 Å². The Balaban J connectivity index is 2.31. The average Bonchev–Trinajstić information content (AvgIpc) is 2.72. The highest BCUT2D eigenvalue weighted by Gasteiger charge is 2.10. The molecule has 2 N–H and O–H groups in total. The Morgan fingerprint density at radius 3 is 3.06 bits per heavy atom. The second-order valence-electron chi connectivity index (χ2n) is 3.95. The van der Waals surface area contributed by atoms with Crippen LogP contribution in [0.4, 0.5) is 0 Å². The van der Waals surface area contributed by atoms with Gasteiger partial charge < -0.3 is 10.1 Å². The van der Waals surface area contributed by atoms with Gasteiger partial charge in [0.25, 0.3) is 0 Å². The van der Waals surface area contributed by atoms with Crippen molar-refractivity contribution in [1.29, 1.82) is 0 Å². The number of aromatic nitrogens is 2. The van der Waals surface area contributed by atoms with E-state index in [-0.39, 0.29) is 6.42 Å². The first-order valence-electron chi connectivity index (χ1n) is 5.31. The van der Waals surface area contributed by atoms with E-state index >= 15 is 0 Å². The summed E-state index contributed by atoms with van der Waals surface area (Å²) in [5.74, 6) is -0.837. The maximum absolute atomic E-state index is 10.7. The molecular weight excluding hydrogens is 216 g/mol. The standard InChI is InChI=1S/C13H10N2O2/c16-11(17)6-9-7-15-13-10(9)4-3-8-2-1-5-14-12(8)13/h1-5,7,14H,6H2,(H,16,17). The van der Waals surface area contributed by atoms with Crippen LogP contribution in [-0.2, 0) is 11.2 Å². The Kier molecular flexibility index (Phi) is 2.08. The number of carbonyl (C=O) groups is 1. The molecule has 0 fully saturated rings. The molecule has 2 heterocycles. The van der Waals surface area contributed by atoms with Crippen LogP contribution in [0.2, 0.25) is 0 Å². The summed E-state index contributed by atoms with van der Waals surface area (Å²) < 4.78 is 0. The SMILES string of the molecule is O=C(O)Cc1cnc2c1ccc1ccc[nH]c12. The predicted octanol–water partition coefficient (Wildman–Crippen LogP) is 2.34. The van der Waals surface area contributed by atoms with Crippen molar-refractivity contribution in [3.05, 3.63) is 42.2 Å². The molecule has 0 aliphatic carbocycles. The van der Waals surface area contributed by atoms with Crippen LogP contribution in [0.3, 0.4) is 0 Å². The van der Waals surface area contributed by atoms with Crippen LogP contribution >= 0.6 is 0 Å². The quantitative estimate of drug-likeness (QED) is 0.704. The molecule has 4 heteroatoms. The molecule has 0 bridgehead atoms. The molecular formula is C13H10N2O2. The summed E-state index contributed by atoms with van der Waals surface area (Å²) in [6.07, 6.45) is 3.49. The van der Waals surface area contributed by atoms with Gasteiger partial charge in [-0.1, -0.05) is 18.2 Å². The molecule has 4 nitrogen and oxygen atoms in total.